The van der Waals surface area contributed by atoms with E-state index in [4.69, 9.17) is 10.5 Å². The monoisotopic (exact) mass is 299 g/mol. The van der Waals surface area contributed by atoms with Crippen molar-refractivity contribution in [1.29, 1.82) is 0 Å². The highest BCUT2D eigenvalue weighted by molar-refractivity contribution is 5.89. The van der Waals surface area contributed by atoms with Crippen LogP contribution >= 0.6 is 0 Å². The molecule has 2 aromatic carbocycles. The van der Waals surface area contributed by atoms with E-state index in [-0.39, 0.29) is 18.6 Å². The maximum atomic E-state index is 11.8. The van der Waals surface area contributed by atoms with E-state index in [1.807, 2.05) is 6.07 Å². The highest BCUT2D eigenvalue weighted by Gasteiger charge is 2.19. The van der Waals surface area contributed by atoms with Gasteiger partial charge in [-0.05, 0) is 29.7 Å². The number of nitrogens with two attached hydrogens (primary N) is 1. The molecule has 2 aromatic rings. The zero-order chi connectivity index (χ0) is 15.9. The molecule has 0 unspecified atom stereocenters. The first-order chi connectivity index (χ1) is 10.5. The fraction of sp³-hybridized carbons (Fsp3) is 0.176. The van der Waals surface area contributed by atoms with Gasteiger partial charge in [0, 0.05) is 0 Å². The molecule has 0 spiro atoms. The van der Waals surface area contributed by atoms with Crippen LogP contribution in [0.25, 0.3) is 0 Å². The molecule has 0 saturated carbocycles. The lowest BCUT2D eigenvalue weighted by Crippen LogP contribution is -2.36. The molecule has 0 fully saturated rings. The summed E-state index contributed by atoms with van der Waals surface area (Å²) in [5, 5.41) is 9.19. The quantitative estimate of drug-likeness (QED) is 0.646. The lowest BCUT2D eigenvalue weighted by molar-refractivity contribution is -0.160. The van der Waals surface area contributed by atoms with E-state index in [9.17, 15) is 14.7 Å². The number of hydrogen-bond acceptors (Lipinski definition) is 5. The summed E-state index contributed by atoms with van der Waals surface area (Å²) < 4.78 is 4.76. The van der Waals surface area contributed by atoms with Gasteiger partial charge in [-0.1, -0.05) is 42.5 Å². The molecule has 0 aromatic heterocycles. The number of ether oxygens (including phenoxy) is 1. The van der Waals surface area contributed by atoms with E-state index in [0.717, 1.165) is 11.1 Å². The van der Waals surface area contributed by atoms with Crippen LogP contribution in [0.1, 0.15) is 11.1 Å². The molecule has 3 N–H and O–H groups in total. The number of phenols is 1. The molecule has 114 valence electrons. The van der Waals surface area contributed by atoms with Crippen molar-refractivity contribution in [3.05, 3.63) is 65.7 Å². The zero-order valence-corrected chi connectivity index (χ0v) is 11.9. The van der Waals surface area contributed by atoms with Gasteiger partial charge >= 0.3 is 11.9 Å². The fourth-order valence-corrected chi connectivity index (χ4v) is 1.96. The van der Waals surface area contributed by atoms with Crippen molar-refractivity contribution in [2.24, 2.45) is 5.73 Å². The van der Waals surface area contributed by atoms with Crippen LogP contribution in [-0.4, -0.2) is 23.1 Å². The Morgan fingerprint density at radius 3 is 2.27 bits per heavy atom. The summed E-state index contributed by atoms with van der Waals surface area (Å²) >= 11 is 0. The molecule has 1 atom stereocenters. The second kappa shape index (κ2) is 7.38. The minimum atomic E-state index is -0.927. The Bertz CT molecular complexity index is 637. The molecular formula is C17H17NO4. The molecule has 5 heteroatoms. The van der Waals surface area contributed by atoms with Crippen molar-refractivity contribution in [2.75, 3.05) is 0 Å². The molecule has 0 aliphatic rings. The molecule has 0 saturated heterocycles. The van der Waals surface area contributed by atoms with Gasteiger partial charge in [-0.25, -0.2) is 4.79 Å². The minimum Gasteiger partial charge on any atom is -0.508 e. The Hall–Kier alpha value is -2.66. The predicted octanol–water partition coefficient (Wildman–Crippen LogP) is 1.57. The molecule has 2 rings (SSSR count). The summed E-state index contributed by atoms with van der Waals surface area (Å²) in [6.07, 6.45) is 0.260. The Morgan fingerprint density at radius 2 is 1.64 bits per heavy atom. The first-order valence-electron chi connectivity index (χ1n) is 6.86. The second-order valence-corrected chi connectivity index (χ2v) is 4.93. The van der Waals surface area contributed by atoms with E-state index in [2.05, 4.69) is 0 Å². The van der Waals surface area contributed by atoms with Gasteiger partial charge in [0.15, 0.2) is 0 Å². The standard InChI is InChI=1S/C17H17NO4/c18-15(10-13-6-8-14(19)9-7-13)17(21)22-16(20)11-12-4-2-1-3-5-12/h1-9,15,19H,10-11,18H2/t15-/m0/s1. The Morgan fingerprint density at radius 1 is 1.00 bits per heavy atom. The smallest absolute Gasteiger partial charge is 0.330 e. The van der Waals surface area contributed by atoms with Crippen molar-refractivity contribution < 1.29 is 19.4 Å². The Balaban J connectivity index is 1.85. The molecular weight excluding hydrogens is 282 g/mol. The summed E-state index contributed by atoms with van der Waals surface area (Å²) in [5.74, 6) is -1.25. The van der Waals surface area contributed by atoms with Gasteiger partial charge in [0.05, 0.1) is 6.42 Å². The van der Waals surface area contributed by atoms with Crippen LogP contribution in [0.4, 0.5) is 0 Å². The SMILES string of the molecule is N[C@@H](Cc1ccc(O)cc1)C(=O)OC(=O)Cc1ccccc1. The van der Waals surface area contributed by atoms with Crippen LogP contribution in [0.15, 0.2) is 54.6 Å². The van der Waals surface area contributed by atoms with Gasteiger partial charge in [-0.3, -0.25) is 4.79 Å². The maximum Gasteiger partial charge on any atom is 0.330 e. The van der Waals surface area contributed by atoms with Crippen molar-refractivity contribution in [3.8, 4) is 5.75 Å². The number of carbonyl (C=O) groups excluding carboxylic acids is 2. The van der Waals surface area contributed by atoms with Crippen molar-refractivity contribution >= 4 is 11.9 Å². The third kappa shape index (κ3) is 4.71. The third-order valence-electron chi connectivity index (χ3n) is 3.10. The molecule has 0 heterocycles. The highest BCUT2D eigenvalue weighted by atomic mass is 16.6. The maximum absolute atomic E-state index is 11.8. The van der Waals surface area contributed by atoms with Gasteiger partial charge in [-0.15, -0.1) is 0 Å². The van der Waals surface area contributed by atoms with Gasteiger partial charge in [0.25, 0.3) is 0 Å². The summed E-state index contributed by atoms with van der Waals surface area (Å²) in [6, 6.07) is 14.4. The first-order valence-corrected chi connectivity index (χ1v) is 6.86. The Labute approximate surface area is 128 Å². The van der Waals surface area contributed by atoms with Crippen molar-refractivity contribution in [1.82, 2.24) is 0 Å². The van der Waals surface area contributed by atoms with Crippen LogP contribution in [0.5, 0.6) is 5.75 Å². The second-order valence-electron chi connectivity index (χ2n) is 4.93. The topological polar surface area (TPSA) is 89.6 Å². The molecule has 22 heavy (non-hydrogen) atoms. The highest BCUT2D eigenvalue weighted by Crippen LogP contribution is 2.11. The number of hydrogen-bond donors (Lipinski definition) is 2. The predicted molar refractivity (Wildman–Crippen MR) is 81.0 cm³/mol. The van der Waals surface area contributed by atoms with E-state index >= 15 is 0 Å². The lowest BCUT2D eigenvalue weighted by Gasteiger charge is -2.10. The number of carbonyl (C=O) groups is 2. The summed E-state index contributed by atoms with van der Waals surface area (Å²) in [6.45, 7) is 0. The van der Waals surface area contributed by atoms with Crippen LogP contribution in [0.2, 0.25) is 0 Å². The molecule has 0 aliphatic heterocycles. The van der Waals surface area contributed by atoms with Gasteiger partial charge < -0.3 is 15.6 Å². The lowest BCUT2D eigenvalue weighted by atomic mass is 10.1. The summed E-state index contributed by atoms with van der Waals surface area (Å²) in [4.78, 5) is 23.5. The average Bonchev–Trinajstić information content (AvgIpc) is 2.50. The molecule has 5 nitrogen and oxygen atoms in total. The normalized spacial score (nSPS) is 11.7. The molecule has 0 aliphatic carbocycles. The van der Waals surface area contributed by atoms with Gasteiger partial charge in [0.2, 0.25) is 0 Å². The largest absolute Gasteiger partial charge is 0.508 e. The Kier molecular flexibility index (Phi) is 5.27. The van der Waals surface area contributed by atoms with Crippen LogP contribution in [0, 0.1) is 0 Å². The van der Waals surface area contributed by atoms with Crippen LogP contribution in [-0.2, 0) is 27.2 Å². The van der Waals surface area contributed by atoms with Crippen LogP contribution in [0.3, 0.4) is 0 Å². The van der Waals surface area contributed by atoms with Gasteiger partial charge in [-0.2, -0.15) is 0 Å². The number of aromatic hydroxyl groups is 1. The van der Waals surface area contributed by atoms with E-state index < -0.39 is 18.0 Å². The van der Waals surface area contributed by atoms with Gasteiger partial charge in [0.1, 0.15) is 11.8 Å². The van der Waals surface area contributed by atoms with E-state index in [1.165, 1.54) is 12.1 Å². The first kappa shape index (κ1) is 15.7. The summed E-state index contributed by atoms with van der Waals surface area (Å²) in [5.41, 5.74) is 7.29. The van der Waals surface area contributed by atoms with Crippen molar-refractivity contribution in [3.63, 3.8) is 0 Å². The molecule has 0 amide bonds. The zero-order valence-electron chi connectivity index (χ0n) is 11.9. The minimum absolute atomic E-state index is 0.0263. The molecule has 0 bridgehead atoms. The average molecular weight is 299 g/mol. The fourth-order valence-electron chi connectivity index (χ4n) is 1.96. The number of rotatable bonds is 5. The van der Waals surface area contributed by atoms with E-state index in [1.54, 1.807) is 36.4 Å². The van der Waals surface area contributed by atoms with E-state index in [0.29, 0.717) is 0 Å². The summed E-state index contributed by atoms with van der Waals surface area (Å²) in [7, 11) is 0. The third-order valence-corrected chi connectivity index (χ3v) is 3.10. The van der Waals surface area contributed by atoms with Crippen molar-refractivity contribution in [2.45, 2.75) is 18.9 Å². The molecule has 0 radical (unpaired) electrons. The van der Waals surface area contributed by atoms with Crippen LogP contribution < -0.4 is 5.73 Å². The number of phenolic OH excluding ortho intramolecular Hbond substituents is 1. The number of esters is 2. The number of benzene rings is 2.